The number of fused-ring (bicyclic) bond motifs is 3. The van der Waals surface area contributed by atoms with E-state index in [9.17, 15) is 9.50 Å². The molecule has 0 saturated carbocycles. The summed E-state index contributed by atoms with van der Waals surface area (Å²) >= 11 is 0. The topological polar surface area (TPSA) is 48.8 Å². The van der Waals surface area contributed by atoms with Gasteiger partial charge in [0.2, 0.25) is 5.95 Å². The van der Waals surface area contributed by atoms with Crippen LogP contribution in [0.25, 0.3) is 10.9 Å². The molecule has 5 nitrogen and oxygen atoms in total. The fourth-order valence-electron chi connectivity index (χ4n) is 5.86. The lowest BCUT2D eigenvalue weighted by atomic mass is 9.92. The summed E-state index contributed by atoms with van der Waals surface area (Å²) in [5.74, 6) is 0.0965. The van der Waals surface area contributed by atoms with E-state index in [1.165, 1.54) is 28.3 Å². The summed E-state index contributed by atoms with van der Waals surface area (Å²) in [6.45, 7) is 4.43. The second-order valence-corrected chi connectivity index (χ2v) is 10.1. The van der Waals surface area contributed by atoms with E-state index in [4.69, 9.17) is 4.74 Å². The number of aliphatic hydroxyl groups excluding tert-OH is 1. The Kier molecular flexibility index (Phi) is 6.87. The van der Waals surface area contributed by atoms with E-state index in [0.29, 0.717) is 17.8 Å². The zero-order chi connectivity index (χ0) is 25.2. The van der Waals surface area contributed by atoms with E-state index in [-0.39, 0.29) is 12.6 Å². The van der Waals surface area contributed by atoms with Gasteiger partial charge in [-0.25, -0.2) is 4.98 Å². The van der Waals surface area contributed by atoms with E-state index < -0.39 is 12.1 Å². The van der Waals surface area contributed by atoms with Crippen LogP contribution in [-0.4, -0.2) is 65.3 Å². The molecule has 2 aliphatic rings. The molecule has 0 spiro atoms. The van der Waals surface area contributed by atoms with Crippen molar-refractivity contribution in [2.75, 3.05) is 39.3 Å². The molecule has 0 bridgehead atoms. The van der Waals surface area contributed by atoms with Gasteiger partial charge in [0, 0.05) is 38.1 Å². The van der Waals surface area contributed by atoms with Gasteiger partial charge in [0.15, 0.2) is 0 Å². The minimum Gasteiger partial charge on any atom is -0.490 e. The third-order valence-corrected chi connectivity index (χ3v) is 7.69. The Hall–Kier alpha value is -3.32. The molecule has 6 heteroatoms. The zero-order valence-corrected chi connectivity index (χ0v) is 20.9. The smallest absolute Gasteiger partial charge is 0.213 e. The summed E-state index contributed by atoms with van der Waals surface area (Å²) in [4.78, 5) is 8.83. The van der Waals surface area contributed by atoms with E-state index in [0.717, 1.165) is 44.4 Å². The number of β-amino-alcohol motifs (C(OH)–C–C–N with tert-alkyl or cyclic N) is 1. The van der Waals surface area contributed by atoms with E-state index in [1.807, 2.05) is 6.07 Å². The fourth-order valence-corrected chi connectivity index (χ4v) is 5.86. The van der Waals surface area contributed by atoms with Crippen LogP contribution in [-0.2, 0) is 12.8 Å². The highest BCUT2D eigenvalue weighted by atomic mass is 19.1. The van der Waals surface area contributed by atoms with Gasteiger partial charge < -0.3 is 9.84 Å². The molecule has 2 heterocycles. The van der Waals surface area contributed by atoms with Crippen molar-refractivity contribution >= 4 is 10.9 Å². The highest BCUT2D eigenvalue weighted by molar-refractivity contribution is 5.84. The molecule has 1 fully saturated rings. The second-order valence-electron chi connectivity index (χ2n) is 10.1. The van der Waals surface area contributed by atoms with Crippen LogP contribution in [0.3, 0.4) is 0 Å². The molecule has 1 N–H and O–H groups in total. The summed E-state index contributed by atoms with van der Waals surface area (Å²) in [7, 11) is 0. The van der Waals surface area contributed by atoms with Gasteiger partial charge in [0.25, 0.3) is 0 Å². The van der Waals surface area contributed by atoms with Crippen LogP contribution < -0.4 is 4.74 Å². The predicted octanol–water partition coefficient (Wildman–Crippen LogP) is 4.62. The van der Waals surface area contributed by atoms with Gasteiger partial charge in [0.05, 0.1) is 11.6 Å². The van der Waals surface area contributed by atoms with E-state index >= 15 is 0 Å². The second kappa shape index (κ2) is 10.6. The van der Waals surface area contributed by atoms with Crippen LogP contribution in [0.2, 0.25) is 0 Å². The molecule has 1 saturated heterocycles. The molecule has 0 radical (unpaired) electrons. The maximum absolute atomic E-state index is 13.5. The zero-order valence-electron chi connectivity index (χ0n) is 20.9. The van der Waals surface area contributed by atoms with Gasteiger partial charge in [-0.1, -0.05) is 54.6 Å². The normalized spacial score (nSPS) is 17.7. The maximum atomic E-state index is 13.5. The number of hydrogen-bond acceptors (Lipinski definition) is 5. The molecule has 0 amide bonds. The van der Waals surface area contributed by atoms with Gasteiger partial charge in [-0.2, -0.15) is 4.39 Å². The molecule has 37 heavy (non-hydrogen) atoms. The van der Waals surface area contributed by atoms with Gasteiger partial charge in [-0.05, 0) is 59.4 Å². The van der Waals surface area contributed by atoms with Gasteiger partial charge in [-0.15, -0.1) is 0 Å². The van der Waals surface area contributed by atoms with Crippen molar-refractivity contribution in [2.45, 2.75) is 25.0 Å². The number of hydrogen-bond donors (Lipinski definition) is 1. The molecular formula is C31H32FN3O2. The Labute approximate surface area is 217 Å². The minimum absolute atomic E-state index is 0.181. The van der Waals surface area contributed by atoms with E-state index in [1.54, 1.807) is 18.2 Å². The number of nitrogens with zero attached hydrogens (tertiary/aromatic N) is 3. The van der Waals surface area contributed by atoms with Crippen LogP contribution in [0, 0.1) is 5.95 Å². The number of benzene rings is 3. The van der Waals surface area contributed by atoms with Crippen LogP contribution >= 0.6 is 0 Å². The SMILES string of the molecule is OC(COc1cccc2nc(F)ccc12)CN1CCN(C2c3ccccc3CCc3ccccc32)CC1. The fraction of sp³-hybridized carbons (Fsp3) is 0.323. The largest absolute Gasteiger partial charge is 0.490 e. The van der Waals surface area contributed by atoms with Crippen molar-refractivity contribution in [3.05, 3.63) is 107 Å². The monoisotopic (exact) mass is 497 g/mol. The summed E-state index contributed by atoms with van der Waals surface area (Å²) in [5, 5.41) is 11.5. The molecule has 6 rings (SSSR count). The molecule has 3 aromatic carbocycles. The Balaban J connectivity index is 1.09. The van der Waals surface area contributed by atoms with Crippen molar-refractivity contribution in [1.82, 2.24) is 14.8 Å². The van der Waals surface area contributed by atoms with Crippen LogP contribution in [0.1, 0.15) is 28.3 Å². The average molecular weight is 498 g/mol. The lowest BCUT2D eigenvalue weighted by molar-refractivity contribution is 0.0403. The molecule has 190 valence electrons. The van der Waals surface area contributed by atoms with E-state index in [2.05, 4.69) is 63.3 Å². The maximum Gasteiger partial charge on any atom is 0.213 e. The van der Waals surface area contributed by atoms with Gasteiger partial charge in [0.1, 0.15) is 18.5 Å². The first-order valence-electron chi connectivity index (χ1n) is 13.1. The van der Waals surface area contributed by atoms with Crippen LogP contribution in [0.15, 0.2) is 78.9 Å². The molecule has 1 aromatic heterocycles. The highest BCUT2D eigenvalue weighted by Crippen LogP contribution is 2.37. The standard InChI is InChI=1S/C31H32FN3O2/c32-30-15-14-27-28(33-30)10-5-11-29(27)37-21-24(36)20-34-16-18-35(19-17-34)31-25-8-3-1-6-22(25)12-13-23-7-2-4-9-26(23)31/h1-11,14-15,24,31,36H,12-13,16-21H2. The number of rotatable bonds is 6. The third kappa shape index (κ3) is 5.10. The predicted molar refractivity (Wildman–Crippen MR) is 143 cm³/mol. The third-order valence-electron chi connectivity index (χ3n) is 7.69. The number of aliphatic hydroxyl groups is 1. The number of pyridine rings is 1. The Morgan fingerprint density at radius 1 is 0.838 bits per heavy atom. The molecule has 1 aliphatic heterocycles. The van der Waals surface area contributed by atoms with Crippen molar-refractivity contribution in [3.63, 3.8) is 0 Å². The van der Waals surface area contributed by atoms with Gasteiger partial charge >= 0.3 is 0 Å². The molecule has 1 unspecified atom stereocenters. The quantitative estimate of drug-likeness (QED) is 0.394. The van der Waals surface area contributed by atoms with Crippen LogP contribution in [0.4, 0.5) is 4.39 Å². The lowest BCUT2D eigenvalue weighted by Gasteiger charge is -2.40. The van der Waals surface area contributed by atoms with Crippen molar-refractivity contribution in [3.8, 4) is 5.75 Å². The molecule has 1 atom stereocenters. The first kappa shape index (κ1) is 24.0. The number of aryl methyl sites for hydroxylation is 2. The molecule has 1 aliphatic carbocycles. The molecular weight excluding hydrogens is 465 g/mol. The Morgan fingerprint density at radius 2 is 1.51 bits per heavy atom. The summed E-state index contributed by atoms with van der Waals surface area (Å²) in [6.07, 6.45) is 1.55. The number of piperazine rings is 1. The average Bonchev–Trinajstić information content (AvgIpc) is 3.09. The van der Waals surface area contributed by atoms with Crippen molar-refractivity contribution in [2.24, 2.45) is 0 Å². The summed E-state index contributed by atoms with van der Waals surface area (Å²) < 4.78 is 19.4. The first-order valence-corrected chi connectivity index (χ1v) is 13.1. The Morgan fingerprint density at radius 3 is 2.22 bits per heavy atom. The lowest BCUT2D eigenvalue weighted by Crippen LogP contribution is -2.50. The summed E-state index contributed by atoms with van der Waals surface area (Å²) in [6, 6.07) is 26.4. The van der Waals surface area contributed by atoms with Gasteiger partial charge in [-0.3, -0.25) is 9.80 Å². The highest BCUT2D eigenvalue weighted by Gasteiger charge is 2.31. The molecule has 4 aromatic rings. The van der Waals surface area contributed by atoms with Crippen LogP contribution in [0.5, 0.6) is 5.75 Å². The minimum atomic E-state index is -0.616. The number of halogens is 1. The first-order chi connectivity index (χ1) is 18.2. The summed E-state index contributed by atoms with van der Waals surface area (Å²) in [5.41, 5.74) is 6.30. The van der Waals surface area contributed by atoms with Crippen molar-refractivity contribution < 1.29 is 14.2 Å². The number of ether oxygens (including phenoxy) is 1. The Bertz CT molecular complexity index is 1340. The van der Waals surface area contributed by atoms with Crippen molar-refractivity contribution in [1.29, 1.82) is 0 Å². The number of aromatic nitrogens is 1.